The lowest BCUT2D eigenvalue weighted by molar-refractivity contribution is 0.122. The Kier molecular flexibility index (Phi) is 6.53. The minimum atomic E-state index is 0.179. The van der Waals surface area contributed by atoms with Crippen molar-refractivity contribution in [2.75, 3.05) is 63.9 Å². The van der Waals surface area contributed by atoms with Crippen LogP contribution in [0.3, 0.4) is 0 Å². The number of ether oxygens (including phenoxy) is 3. The first-order valence-corrected chi connectivity index (χ1v) is 10.4. The molecule has 164 valence electrons. The van der Waals surface area contributed by atoms with Gasteiger partial charge in [-0.15, -0.1) is 0 Å². The average Bonchev–Trinajstić information content (AvgIpc) is 2.81. The van der Waals surface area contributed by atoms with E-state index in [-0.39, 0.29) is 5.28 Å². The fraction of sp³-hybridized carbons (Fsp3) is 0.429. The third-order valence-electron chi connectivity index (χ3n) is 5.27. The van der Waals surface area contributed by atoms with E-state index in [0.717, 1.165) is 37.4 Å². The third-order valence-corrected chi connectivity index (χ3v) is 5.44. The van der Waals surface area contributed by atoms with Crippen LogP contribution in [0.4, 0.5) is 11.6 Å². The molecule has 1 fully saturated rings. The SMILES string of the molecule is COc1ccc(CCN(C)c2ncnc3c(N4CCOCC4)nc(Cl)nc23)cc1OC. The van der Waals surface area contributed by atoms with E-state index >= 15 is 0 Å². The number of hydrogen-bond acceptors (Lipinski definition) is 9. The van der Waals surface area contributed by atoms with Crippen LogP contribution in [0.25, 0.3) is 11.0 Å². The summed E-state index contributed by atoms with van der Waals surface area (Å²) in [6, 6.07) is 5.93. The van der Waals surface area contributed by atoms with Crippen molar-refractivity contribution in [3.8, 4) is 11.5 Å². The Morgan fingerprint density at radius 3 is 2.58 bits per heavy atom. The summed E-state index contributed by atoms with van der Waals surface area (Å²) in [5, 5.41) is 0.179. The Morgan fingerprint density at radius 2 is 1.84 bits per heavy atom. The van der Waals surface area contributed by atoms with Gasteiger partial charge in [0.25, 0.3) is 0 Å². The maximum atomic E-state index is 6.27. The van der Waals surface area contributed by atoms with Crippen LogP contribution in [0.15, 0.2) is 24.5 Å². The number of anilines is 2. The van der Waals surface area contributed by atoms with Gasteiger partial charge in [-0.3, -0.25) is 0 Å². The largest absolute Gasteiger partial charge is 0.493 e. The first-order chi connectivity index (χ1) is 15.1. The first kappa shape index (κ1) is 21.3. The molecule has 1 aliphatic rings. The molecule has 0 unspecified atom stereocenters. The molecule has 9 nitrogen and oxygen atoms in total. The molecule has 1 aliphatic heterocycles. The van der Waals surface area contributed by atoms with E-state index in [1.807, 2.05) is 30.1 Å². The van der Waals surface area contributed by atoms with Crippen molar-refractivity contribution in [2.24, 2.45) is 0 Å². The third kappa shape index (κ3) is 4.57. The van der Waals surface area contributed by atoms with Gasteiger partial charge in [0.2, 0.25) is 5.28 Å². The van der Waals surface area contributed by atoms with Crippen LogP contribution in [-0.2, 0) is 11.2 Å². The van der Waals surface area contributed by atoms with Gasteiger partial charge >= 0.3 is 0 Å². The number of benzene rings is 1. The number of rotatable bonds is 7. The summed E-state index contributed by atoms with van der Waals surface area (Å²) in [6.07, 6.45) is 2.34. The highest BCUT2D eigenvalue weighted by Gasteiger charge is 2.21. The molecule has 0 radical (unpaired) electrons. The van der Waals surface area contributed by atoms with Gasteiger partial charge in [-0.05, 0) is 35.7 Å². The Labute approximate surface area is 185 Å². The van der Waals surface area contributed by atoms with Crippen LogP contribution in [-0.4, -0.2) is 74.1 Å². The Balaban J connectivity index is 1.59. The standard InChI is InChI=1S/C21H25ClN6O3/c1-27(7-6-14-4-5-15(29-2)16(12-14)30-3)19-18-17(23-13-24-19)20(26-21(22)25-18)28-8-10-31-11-9-28/h4-5,12-13H,6-11H2,1-3H3. The van der Waals surface area contributed by atoms with Crippen LogP contribution >= 0.6 is 11.6 Å². The van der Waals surface area contributed by atoms with E-state index in [2.05, 4.69) is 24.8 Å². The second-order valence-corrected chi connectivity index (χ2v) is 7.51. The molecule has 3 aromatic rings. The second-order valence-electron chi connectivity index (χ2n) is 7.17. The van der Waals surface area contributed by atoms with Crippen molar-refractivity contribution in [1.82, 2.24) is 19.9 Å². The zero-order valence-electron chi connectivity index (χ0n) is 17.8. The predicted molar refractivity (Wildman–Crippen MR) is 120 cm³/mol. The topological polar surface area (TPSA) is 85.7 Å². The first-order valence-electron chi connectivity index (χ1n) is 10.0. The molecule has 1 aromatic carbocycles. The van der Waals surface area contributed by atoms with Gasteiger partial charge < -0.3 is 24.0 Å². The van der Waals surface area contributed by atoms with E-state index in [1.54, 1.807) is 20.5 Å². The number of likely N-dealkylation sites (N-methyl/N-ethyl adjacent to an activating group) is 1. The van der Waals surface area contributed by atoms with Gasteiger partial charge in [0, 0.05) is 26.7 Å². The van der Waals surface area contributed by atoms with Crippen molar-refractivity contribution in [3.63, 3.8) is 0 Å². The minimum absolute atomic E-state index is 0.179. The van der Waals surface area contributed by atoms with Crippen molar-refractivity contribution < 1.29 is 14.2 Å². The lowest BCUT2D eigenvalue weighted by atomic mass is 10.1. The molecular formula is C21H25ClN6O3. The van der Waals surface area contributed by atoms with Crippen molar-refractivity contribution in [2.45, 2.75) is 6.42 Å². The molecule has 0 spiro atoms. The number of aromatic nitrogens is 4. The van der Waals surface area contributed by atoms with Crippen LogP contribution < -0.4 is 19.3 Å². The molecule has 0 saturated carbocycles. The molecule has 0 aliphatic carbocycles. The summed E-state index contributed by atoms with van der Waals surface area (Å²) >= 11 is 6.27. The van der Waals surface area contributed by atoms with E-state index in [0.29, 0.717) is 41.6 Å². The molecule has 4 rings (SSSR count). The van der Waals surface area contributed by atoms with Gasteiger partial charge in [-0.2, -0.15) is 4.98 Å². The Bertz CT molecular complexity index is 1060. The molecule has 0 bridgehead atoms. The molecule has 2 aromatic heterocycles. The second kappa shape index (κ2) is 9.49. The lowest BCUT2D eigenvalue weighted by Crippen LogP contribution is -2.37. The van der Waals surface area contributed by atoms with Gasteiger partial charge in [-0.1, -0.05) is 6.07 Å². The molecule has 10 heteroatoms. The van der Waals surface area contributed by atoms with Crippen LogP contribution in [0.2, 0.25) is 5.28 Å². The summed E-state index contributed by atoms with van der Waals surface area (Å²) in [5.41, 5.74) is 2.46. The molecule has 0 amide bonds. The summed E-state index contributed by atoms with van der Waals surface area (Å²) in [4.78, 5) is 22.0. The zero-order valence-corrected chi connectivity index (χ0v) is 18.6. The number of methoxy groups -OCH3 is 2. The Morgan fingerprint density at radius 1 is 1.06 bits per heavy atom. The highest BCUT2D eigenvalue weighted by atomic mass is 35.5. The number of halogens is 1. The maximum absolute atomic E-state index is 6.27. The quantitative estimate of drug-likeness (QED) is 0.510. The molecule has 1 saturated heterocycles. The smallest absolute Gasteiger partial charge is 0.225 e. The van der Waals surface area contributed by atoms with Gasteiger partial charge in [0.1, 0.15) is 17.4 Å². The molecule has 0 N–H and O–H groups in total. The summed E-state index contributed by atoms with van der Waals surface area (Å²) in [5.74, 6) is 2.85. The number of morpholine rings is 1. The van der Waals surface area contributed by atoms with Crippen molar-refractivity contribution in [1.29, 1.82) is 0 Å². The van der Waals surface area contributed by atoms with E-state index < -0.39 is 0 Å². The Hall–Kier alpha value is -2.91. The van der Waals surface area contributed by atoms with Crippen molar-refractivity contribution in [3.05, 3.63) is 35.4 Å². The van der Waals surface area contributed by atoms with Crippen LogP contribution in [0.5, 0.6) is 11.5 Å². The summed E-state index contributed by atoms with van der Waals surface area (Å²) < 4.78 is 16.2. The van der Waals surface area contributed by atoms with Crippen LogP contribution in [0, 0.1) is 0 Å². The fourth-order valence-corrected chi connectivity index (χ4v) is 3.77. The number of hydrogen-bond donors (Lipinski definition) is 0. The molecular weight excluding hydrogens is 420 g/mol. The van der Waals surface area contributed by atoms with Crippen LogP contribution in [0.1, 0.15) is 5.56 Å². The van der Waals surface area contributed by atoms with E-state index in [9.17, 15) is 0 Å². The zero-order chi connectivity index (χ0) is 21.8. The average molecular weight is 445 g/mol. The monoisotopic (exact) mass is 444 g/mol. The molecule has 31 heavy (non-hydrogen) atoms. The van der Waals surface area contributed by atoms with E-state index in [4.69, 9.17) is 25.8 Å². The van der Waals surface area contributed by atoms with Gasteiger partial charge in [-0.25, -0.2) is 15.0 Å². The molecule has 3 heterocycles. The number of fused-ring (bicyclic) bond motifs is 1. The fourth-order valence-electron chi connectivity index (χ4n) is 3.61. The molecule has 0 atom stereocenters. The maximum Gasteiger partial charge on any atom is 0.225 e. The van der Waals surface area contributed by atoms with Crippen molar-refractivity contribution >= 4 is 34.3 Å². The minimum Gasteiger partial charge on any atom is -0.493 e. The normalized spacial score (nSPS) is 14.0. The van der Waals surface area contributed by atoms with Gasteiger partial charge in [0.05, 0.1) is 27.4 Å². The lowest BCUT2D eigenvalue weighted by Gasteiger charge is -2.28. The highest BCUT2D eigenvalue weighted by molar-refractivity contribution is 6.29. The van der Waals surface area contributed by atoms with E-state index in [1.165, 1.54) is 0 Å². The van der Waals surface area contributed by atoms with Gasteiger partial charge in [0.15, 0.2) is 23.1 Å². The highest BCUT2D eigenvalue weighted by Crippen LogP contribution is 2.30. The summed E-state index contributed by atoms with van der Waals surface area (Å²) in [7, 11) is 5.24. The number of nitrogens with zero attached hydrogens (tertiary/aromatic N) is 6. The summed E-state index contributed by atoms with van der Waals surface area (Å²) in [6.45, 7) is 3.47. The predicted octanol–water partition coefficient (Wildman–Crippen LogP) is 2.61.